The van der Waals surface area contributed by atoms with E-state index < -0.39 is 0 Å². The molecular weight excluding hydrogens is 318 g/mol. The van der Waals surface area contributed by atoms with E-state index in [0.29, 0.717) is 17.1 Å². The maximum Gasteiger partial charge on any atom is 0.251 e. The fourth-order valence-corrected chi connectivity index (χ4v) is 2.75. The molecule has 4 rings (SSSR count). The Labute approximate surface area is 145 Å². The smallest absolute Gasteiger partial charge is 0.251 e. The molecule has 0 saturated carbocycles. The number of benzene rings is 2. The molecule has 126 valence electrons. The van der Waals surface area contributed by atoms with Crippen LogP contribution >= 0.6 is 0 Å². The molecule has 0 fully saturated rings. The van der Waals surface area contributed by atoms with E-state index in [9.17, 15) is 4.79 Å². The van der Waals surface area contributed by atoms with Crippen LogP contribution in [0.5, 0.6) is 11.5 Å². The van der Waals surface area contributed by atoms with Crippen molar-refractivity contribution in [1.29, 1.82) is 0 Å². The molecule has 25 heavy (non-hydrogen) atoms. The molecule has 0 radical (unpaired) electrons. The zero-order chi connectivity index (χ0) is 17.2. The normalized spacial score (nSPS) is 13.5. The van der Waals surface area contributed by atoms with Crippen LogP contribution in [0, 0.1) is 0 Å². The van der Waals surface area contributed by atoms with Crippen LogP contribution in [0.1, 0.15) is 28.9 Å². The Balaban J connectivity index is 1.46. The lowest BCUT2D eigenvalue weighted by atomic mass is 10.1. The molecule has 1 aromatic heterocycles. The van der Waals surface area contributed by atoms with E-state index in [2.05, 4.69) is 10.3 Å². The quantitative estimate of drug-likeness (QED) is 0.796. The van der Waals surface area contributed by atoms with Gasteiger partial charge in [0.05, 0.1) is 12.4 Å². The molecule has 1 amide bonds. The molecule has 1 aliphatic heterocycles. The van der Waals surface area contributed by atoms with E-state index in [1.54, 1.807) is 30.7 Å². The average Bonchev–Trinajstić information content (AvgIpc) is 3.32. The maximum atomic E-state index is 12.5. The maximum absolute atomic E-state index is 12.5. The van der Waals surface area contributed by atoms with E-state index in [1.807, 2.05) is 42.0 Å². The zero-order valence-corrected chi connectivity index (χ0v) is 13.7. The number of ether oxygens (including phenoxy) is 2. The number of hydrogen-bond acceptors (Lipinski definition) is 4. The van der Waals surface area contributed by atoms with E-state index in [1.165, 1.54) is 0 Å². The summed E-state index contributed by atoms with van der Waals surface area (Å²) in [5, 5.41) is 3.00. The third-order valence-electron chi connectivity index (χ3n) is 4.18. The van der Waals surface area contributed by atoms with Gasteiger partial charge in [-0.1, -0.05) is 12.1 Å². The Morgan fingerprint density at radius 2 is 1.96 bits per heavy atom. The lowest BCUT2D eigenvalue weighted by Crippen LogP contribution is -2.26. The Bertz CT molecular complexity index is 889. The van der Waals surface area contributed by atoms with Crippen molar-refractivity contribution in [3.05, 3.63) is 72.3 Å². The highest BCUT2D eigenvalue weighted by atomic mass is 16.7. The third-order valence-corrected chi connectivity index (χ3v) is 4.18. The van der Waals surface area contributed by atoms with E-state index in [0.717, 1.165) is 11.3 Å². The van der Waals surface area contributed by atoms with Gasteiger partial charge in [0, 0.05) is 23.6 Å². The first-order chi connectivity index (χ1) is 12.2. The first-order valence-corrected chi connectivity index (χ1v) is 7.99. The molecule has 6 nitrogen and oxygen atoms in total. The largest absolute Gasteiger partial charge is 0.454 e. The molecule has 0 aliphatic carbocycles. The topological polar surface area (TPSA) is 65.4 Å². The minimum absolute atomic E-state index is 0.116. The monoisotopic (exact) mass is 335 g/mol. The van der Waals surface area contributed by atoms with Crippen molar-refractivity contribution >= 4 is 5.91 Å². The molecule has 1 atom stereocenters. The first-order valence-electron chi connectivity index (χ1n) is 7.99. The van der Waals surface area contributed by atoms with Crippen LogP contribution in [0.15, 0.2) is 61.2 Å². The fourth-order valence-electron chi connectivity index (χ4n) is 2.75. The van der Waals surface area contributed by atoms with Gasteiger partial charge in [0.1, 0.15) is 0 Å². The van der Waals surface area contributed by atoms with Gasteiger partial charge < -0.3 is 19.4 Å². The summed E-state index contributed by atoms with van der Waals surface area (Å²) in [7, 11) is 0. The average molecular weight is 335 g/mol. The number of fused-ring (bicyclic) bond motifs is 1. The number of imidazole rings is 1. The molecule has 1 N–H and O–H groups in total. The third kappa shape index (κ3) is 3.06. The molecule has 0 spiro atoms. The summed E-state index contributed by atoms with van der Waals surface area (Å²) >= 11 is 0. The van der Waals surface area contributed by atoms with Gasteiger partial charge in [-0.3, -0.25) is 4.79 Å². The SMILES string of the molecule is C[C@H](NC(=O)c1ccc2c(c1)OCO2)c1ccc(-n2ccnc2)cc1. The summed E-state index contributed by atoms with van der Waals surface area (Å²) in [5.74, 6) is 1.12. The zero-order valence-electron chi connectivity index (χ0n) is 13.7. The van der Waals surface area contributed by atoms with Gasteiger partial charge in [0.2, 0.25) is 6.79 Å². The number of hydrogen-bond donors (Lipinski definition) is 1. The van der Waals surface area contributed by atoms with Gasteiger partial charge in [-0.25, -0.2) is 4.98 Å². The van der Waals surface area contributed by atoms with Gasteiger partial charge in [-0.15, -0.1) is 0 Å². The molecule has 0 bridgehead atoms. The summed E-state index contributed by atoms with van der Waals surface area (Å²) in [4.78, 5) is 16.5. The first kappa shape index (κ1) is 15.3. The summed E-state index contributed by atoms with van der Waals surface area (Å²) in [5.41, 5.74) is 2.60. The number of nitrogens with one attached hydrogen (secondary N) is 1. The Morgan fingerprint density at radius 1 is 1.16 bits per heavy atom. The van der Waals surface area contributed by atoms with E-state index in [4.69, 9.17) is 9.47 Å². The minimum Gasteiger partial charge on any atom is -0.454 e. The standard InChI is InChI=1S/C19H17N3O3/c1-13(14-2-5-16(6-3-14)22-9-8-20-11-22)21-19(23)15-4-7-17-18(10-15)25-12-24-17/h2-11,13H,12H2,1H3,(H,21,23)/t13-/m0/s1. The number of carbonyl (C=O) groups is 1. The second kappa shape index (κ2) is 6.32. The predicted octanol–water partition coefficient (Wildman–Crippen LogP) is 3.09. The fraction of sp³-hybridized carbons (Fsp3) is 0.158. The molecule has 3 aromatic rings. The molecule has 6 heteroatoms. The van der Waals surface area contributed by atoms with Crippen molar-refractivity contribution in [1.82, 2.24) is 14.9 Å². The number of aromatic nitrogens is 2. The highest BCUT2D eigenvalue weighted by Crippen LogP contribution is 2.32. The summed E-state index contributed by atoms with van der Waals surface area (Å²) in [6.45, 7) is 2.15. The van der Waals surface area contributed by atoms with Gasteiger partial charge in [-0.2, -0.15) is 0 Å². The van der Waals surface area contributed by atoms with Crippen molar-refractivity contribution in [3.63, 3.8) is 0 Å². The van der Waals surface area contributed by atoms with E-state index in [-0.39, 0.29) is 18.7 Å². The van der Waals surface area contributed by atoms with Crippen molar-refractivity contribution in [2.75, 3.05) is 6.79 Å². The number of carbonyl (C=O) groups excluding carboxylic acids is 1. The van der Waals surface area contributed by atoms with Crippen molar-refractivity contribution in [3.8, 4) is 17.2 Å². The highest BCUT2D eigenvalue weighted by molar-refractivity contribution is 5.95. The number of nitrogens with zero attached hydrogens (tertiary/aromatic N) is 2. The molecule has 1 aliphatic rings. The van der Waals surface area contributed by atoms with Crippen LogP contribution in [0.3, 0.4) is 0 Å². The van der Waals surface area contributed by atoms with Crippen LogP contribution in [0.25, 0.3) is 5.69 Å². The Kier molecular flexibility index (Phi) is 3.85. The van der Waals surface area contributed by atoms with Crippen LogP contribution in [-0.4, -0.2) is 22.3 Å². The minimum atomic E-state index is -0.149. The number of amides is 1. The summed E-state index contributed by atoms with van der Waals surface area (Å²) in [6, 6.07) is 13.1. The Morgan fingerprint density at radius 3 is 2.72 bits per heavy atom. The second-order valence-electron chi connectivity index (χ2n) is 5.82. The summed E-state index contributed by atoms with van der Waals surface area (Å²) in [6.07, 6.45) is 5.38. The van der Waals surface area contributed by atoms with Crippen LogP contribution < -0.4 is 14.8 Å². The van der Waals surface area contributed by atoms with Gasteiger partial charge >= 0.3 is 0 Å². The number of rotatable bonds is 4. The van der Waals surface area contributed by atoms with Crippen molar-refractivity contribution in [2.24, 2.45) is 0 Å². The lowest BCUT2D eigenvalue weighted by molar-refractivity contribution is 0.0939. The van der Waals surface area contributed by atoms with Crippen molar-refractivity contribution < 1.29 is 14.3 Å². The van der Waals surface area contributed by atoms with Crippen LogP contribution in [0.4, 0.5) is 0 Å². The molecule has 2 heterocycles. The predicted molar refractivity (Wildman–Crippen MR) is 92.0 cm³/mol. The molecule has 0 unspecified atom stereocenters. The van der Waals surface area contributed by atoms with Crippen LogP contribution in [-0.2, 0) is 0 Å². The van der Waals surface area contributed by atoms with Gasteiger partial charge in [0.25, 0.3) is 5.91 Å². The van der Waals surface area contributed by atoms with Gasteiger partial charge in [-0.05, 0) is 42.8 Å². The second-order valence-corrected chi connectivity index (χ2v) is 5.82. The van der Waals surface area contributed by atoms with Gasteiger partial charge in [0.15, 0.2) is 11.5 Å². The summed E-state index contributed by atoms with van der Waals surface area (Å²) < 4.78 is 12.5. The molecule has 2 aromatic carbocycles. The molecular formula is C19H17N3O3. The Hall–Kier alpha value is -3.28. The van der Waals surface area contributed by atoms with Crippen molar-refractivity contribution in [2.45, 2.75) is 13.0 Å². The van der Waals surface area contributed by atoms with Crippen LogP contribution in [0.2, 0.25) is 0 Å². The van der Waals surface area contributed by atoms with E-state index >= 15 is 0 Å². The molecule has 0 saturated heterocycles. The lowest BCUT2D eigenvalue weighted by Gasteiger charge is -2.15. The highest BCUT2D eigenvalue weighted by Gasteiger charge is 2.17.